The Morgan fingerprint density at radius 2 is 2.20 bits per heavy atom. The van der Waals surface area contributed by atoms with Gasteiger partial charge >= 0.3 is 0 Å². The van der Waals surface area contributed by atoms with Crippen molar-refractivity contribution in [3.8, 4) is 6.07 Å². The highest BCUT2D eigenvalue weighted by Gasteiger charge is 2.29. The van der Waals surface area contributed by atoms with Crippen LogP contribution in [0.25, 0.3) is 0 Å². The topological polar surface area (TPSA) is 81.9 Å². The Morgan fingerprint density at radius 3 is 2.92 bits per heavy atom. The molecular formula is C18H22FN5O. The van der Waals surface area contributed by atoms with E-state index in [0.29, 0.717) is 25.2 Å². The zero-order valence-electron chi connectivity index (χ0n) is 14.1. The van der Waals surface area contributed by atoms with Crippen molar-refractivity contribution >= 4 is 11.7 Å². The van der Waals surface area contributed by atoms with Gasteiger partial charge in [-0.25, -0.2) is 4.39 Å². The predicted molar refractivity (Wildman–Crippen MR) is 91.1 cm³/mol. The molecule has 0 spiro atoms. The molecule has 1 amide bonds. The fraction of sp³-hybridized carbons (Fsp3) is 0.556. The highest BCUT2D eigenvalue weighted by atomic mass is 19.1. The molecule has 1 aromatic heterocycles. The van der Waals surface area contributed by atoms with Crippen molar-refractivity contribution in [3.05, 3.63) is 29.7 Å². The first-order valence-corrected chi connectivity index (χ1v) is 8.78. The predicted octanol–water partition coefficient (Wildman–Crippen LogP) is 2.79. The lowest BCUT2D eigenvalue weighted by Crippen LogP contribution is -2.40. The molecule has 1 aromatic rings. The van der Waals surface area contributed by atoms with Crippen LogP contribution in [-0.4, -0.2) is 40.1 Å². The Bertz CT molecular complexity index is 682. The van der Waals surface area contributed by atoms with Crippen molar-refractivity contribution in [2.24, 2.45) is 5.92 Å². The Labute approximate surface area is 146 Å². The number of carbonyl (C=O) groups excluding carboxylic acids is 1. The molecule has 25 heavy (non-hydrogen) atoms. The van der Waals surface area contributed by atoms with Crippen LogP contribution in [0.1, 0.15) is 44.2 Å². The number of nitrogens with one attached hydrogen (secondary N) is 1. The maximum Gasteiger partial charge on any atom is 0.223 e. The van der Waals surface area contributed by atoms with Crippen LogP contribution in [-0.2, 0) is 4.79 Å². The Morgan fingerprint density at radius 1 is 1.36 bits per heavy atom. The molecule has 0 aromatic carbocycles. The summed E-state index contributed by atoms with van der Waals surface area (Å²) in [5.74, 6) is 0.626. The molecule has 1 aliphatic heterocycles. The molecule has 2 atom stereocenters. The molecular weight excluding hydrogens is 321 g/mol. The summed E-state index contributed by atoms with van der Waals surface area (Å²) < 4.78 is 13.4. The van der Waals surface area contributed by atoms with E-state index in [1.54, 1.807) is 23.1 Å². The Hall–Kier alpha value is -2.49. The third-order valence-electron chi connectivity index (χ3n) is 4.92. The number of anilines is 1. The number of halogens is 1. The molecule has 0 bridgehead atoms. The van der Waals surface area contributed by atoms with Gasteiger partial charge in [0, 0.05) is 19.0 Å². The summed E-state index contributed by atoms with van der Waals surface area (Å²) in [5.41, 5.74) is 0.279. The van der Waals surface area contributed by atoms with Gasteiger partial charge in [0.2, 0.25) is 5.91 Å². The fourth-order valence-electron chi connectivity index (χ4n) is 3.57. The fourth-order valence-corrected chi connectivity index (χ4v) is 3.57. The third kappa shape index (κ3) is 4.53. The third-order valence-corrected chi connectivity index (χ3v) is 4.92. The number of rotatable bonds is 4. The number of hydrogen-bond acceptors (Lipinski definition) is 5. The van der Waals surface area contributed by atoms with E-state index in [9.17, 15) is 9.18 Å². The van der Waals surface area contributed by atoms with Crippen LogP contribution in [0.5, 0.6) is 0 Å². The summed E-state index contributed by atoms with van der Waals surface area (Å²) in [6.07, 6.45) is 6.71. The van der Waals surface area contributed by atoms with Crippen molar-refractivity contribution < 1.29 is 9.18 Å². The van der Waals surface area contributed by atoms with E-state index in [-0.39, 0.29) is 35.9 Å². The van der Waals surface area contributed by atoms with Crippen molar-refractivity contribution in [1.29, 1.82) is 5.26 Å². The minimum absolute atomic E-state index is 0.0212. The SMILES string of the molecule is N#Cc1ccc(N[C@H]2CCCC[C@H]2CC(=O)N2CCC=C(F)C2)nn1. The normalized spacial score (nSPS) is 23.5. The molecule has 1 aliphatic carbocycles. The van der Waals surface area contributed by atoms with E-state index >= 15 is 0 Å². The molecule has 0 radical (unpaired) electrons. The summed E-state index contributed by atoms with van der Waals surface area (Å²) in [6, 6.07) is 5.46. The van der Waals surface area contributed by atoms with Gasteiger partial charge in [0.15, 0.2) is 5.69 Å². The van der Waals surface area contributed by atoms with Gasteiger partial charge in [-0.05, 0) is 43.4 Å². The Kier molecular flexibility index (Phi) is 5.59. The second-order valence-corrected chi connectivity index (χ2v) is 6.67. The van der Waals surface area contributed by atoms with Gasteiger partial charge < -0.3 is 10.2 Å². The monoisotopic (exact) mass is 343 g/mol. The van der Waals surface area contributed by atoms with Crippen LogP contribution >= 0.6 is 0 Å². The van der Waals surface area contributed by atoms with Gasteiger partial charge in [-0.3, -0.25) is 4.79 Å². The zero-order valence-corrected chi connectivity index (χ0v) is 14.1. The molecule has 3 rings (SSSR count). The number of nitriles is 1. The summed E-state index contributed by atoms with van der Waals surface area (Å²) in [5, 5.41) is 20.0. The zero-order chi connectivity index (χ0) is 17.6. The average molecular weight is 343 g/mol. The molecule has 132 valence electrons. The van der Waals surface area contributed by atoms with Crippen molar-refractivity contribution in [2.75, 3.05) is 18.4 Å². The van der Waals surface area contributed by atoms with Gasteiger partial charge in [0.1, 0.15) is 17.7 Å². The first kappa shape index (κ1) is 17.3. The highest BCUT2D eigenvalue weighted by Crippen LogP contribution is 2.30. The van der Waals surface area contributed by atoms with Crippen molar-refractivity contribution in [3.63, 3.8) is 0 Å². The van der Waals surface area contributed by atoms with E-state index < -0.39 is 0 Å². The quantitative estimate of drug-likeness (QED) is 0.909. The van der Waals surface area contributed by atoms with Crippen molar-refractivity contribution in [2.45, 2.75) is 44.6 Å². The van der Waals surface area contributed by atoms with E-state index in [1.807, 2.05) is 6.07 Å². The molecule has 1 N–H and O–H groups in total. The molecule has 0 saturated heterocycles. The number of hydrogen-bond donors (Lipinski definition) is 1. The van der Waals surface area contributed by atoms with Crippen LogP contribution in [0.3, 0.4) is 0 Å². The second-order valence-electron chi connectivity index (χ2n) is 6.67. The Balaban J connectivity index is 1.61. The lowest BCUT2D eigenvalue weighted by atomic mass is 9.82. The lowest BCUT2D eigenvalue weighted by molar-refractivity contribution is -0.132. The molecule has 1 fully saturated rings. The summed E-state index contributed by atoms with van der Waals surface area (Å²) in [7, 11) is 0. The second kappa shape index (κ2) is 8.06. The summed E-state index contributed by atoms with van der Waals surface area (Å²) in [6.45, 7) is 0.697. The first-order chi connectivity index (χ1) is 12.2. The maximum atomic E-state index is 13.4. The van der Waals surface area contributed by atoms with Crippen molar-refractivity contribution in [1.82, 2.24) is 15.1 Å². The van der Waals surface area contributed by atoms with E-state index in [1.165, 1.54) is 0 Å². The smallest absolute Gasteiger partial charge is 0.223 e. The van der Waals surface area contributed by atoms with Gasteiger partial charge in [-0.2, -0.15) is 5.26 Å². The number of carbonyl (C=O) groups is 1. The summed E-state index contributed by atoms with van der Waals surface area (Å²) in [4.78, 5) is 14.1. The number of aromatic nitrogens is 2. The minimum atomic E-state index is -0.217. The van der Waals surface area contributed by atoms with Crippen LogP contribution < -0.4 is 5.32 Å². The molecule has 1 saturated carbocycles. The number of amides is 1. The highest BCUT2D eigenvalue weighted by molar-refractivity contribution is 5.77. The molecule has 7 heteroatoms. The van der Waals surface area contributed by atoms with Gasteiger partial charge in [0.25, 0.3) is 0 Å². The lowest BCUT2D eigenvalue weighted by Gasteiger charge is -2.34. The molecule has 2 aliphatic rings. The van der Waals surface area contributed by atoms with Crippen LogP contribution in [0.15, 0.2) is 24.0 Å². The van der Waals surface area contributed by atoms with E-state index in [4.69, 9.17) is 5.26 Å². The number of nitrogens with zero attached hydrogens (tertiary/aromatic N) is 4. The maximum absolute atomic E-state index is 13.4. The van der Waals surface area contributed by atoms with Gasteiger partial charge in [0.05, 0.1) is 6.54 Å². The first-order valence-electron chi connectivity index (χ1n) is 8.78. The molecule has 2 heterocycles. The van der Waals surface area contributed by atoms with Crippen LogP contribution in [0.2, 0.25) is 0 Å². The summed E-state index contributed by atoms with van der Waals surface area (Å²) >= 11 is 0. The minimum Gasteiger partial charge on any atom is -0.366 e. The van der Waals surface area contributed by atoms with E-state index in [0.717, 1.165) is 25.7 Å². The largest absolute Gasteiger partial charge is 0.366 e. The van der Waals surface area contributed by atoms with Gasteiger partial charge in [-0.15, -0.1) is 10.2 Å². The average Bonchev–Trinajstić information content (AvgIpc) is 2.64. The van der Waals surface area contributed by atoms with Gasteiger partial charge in [-0.1, -0.05) is 12.8 Å². The van der Waals surface area contributed by atoms with Crippen LogP contribution in [0.4, 0.5) is 10.2 Å². The van der Waals surface area contributed by atoms with Crippen LogP contribution in [0, 0.1) is 17.2 Å². The van der Waals surface area contributed by atoms with E-state index in [2.05, 4.69) is 15.5 Å². The molecule has 0 unspecified atom stereocenters. The molecule has 6 nitrogen and oxygen atoms in total. The standard InChI is InChI=1S/C18H22FN5O/c19-14-5-3-9-24(12-14)18(25)10-13-4-1-2-6-16(13)21-17-8-7-15(11-20)22-23-17/h5,7-8,13,16H,1-4,6,9-10,12H2,(H,21,23)/t13-,16-/m0/s1.